The standard InChI is InChI=1S/C14H14N4O2S2/c1-8-5-12(19)18-10(6-22-14(18)16-8)3-4-15-13(20)11-7-21-9(2)17-11/h5-7H,3-4H2,1-2H3,(H,15,20). The Hall–Kier alpha value is -2.06. The van der Waals surface area contributed by atoms with Gasteiger partial charge in [0.25, 0.3) is 11.5 Å². The molecule has 0 aliphatic rings. The average Bonchev–Trinajstić information content (AvgIpc) is 3.05. The average molecular weight is 334 g/mol. The summed E-state index contributed by atoms with van der Waals surface area (Å²) in [5.41, 5.74) is 1.92. The molecule has 0 bridgehead atoms. The molecule has 22 heavy (non-hydrogen) atoms. The highest BCUT2D eigenvalue weighted by Gasteiger charge is 2.11. The van der Waals surface area contributed by atoms with E-state index in [9.17, 15) is 9.59 Å². The van der Waals surface area contributed by atoms with Crippen LogP contribution in [0.1, 0.15) is 26.9 Å². The molecule has 0 fully saturated rings. The van der Waals surface area contributed by atoms with Gasteiger partial charge < -0.3 is 5.32 Å². The van der Waals surface area contributed by atoms with Crippen LogP contribution in [0.5, 0.6) is 0 Å². The Kier molecular flexibility index (Phi) is 4.04. The lowest BCUT2D eigenvalue weighted by atomic mass is 10.3. The molecular formula is C14H14N4O2S2. The molecule has 0 saturated carbocycles. The lowest BCUT2D eigenvalue weighted by molar-refractivity contribution is 0.0949. The van der Waals surface area contributed by atoms with Crippen LogP contribution in [0.4, 0.5) is 0 Å². The van der Waals surface area contributed by atoms with Crippen molar-refractivity contribution in [2.45, 2.75) is 20.3 Å². The Labute approximate surface area is 134 Å². The molecule has 8 heteroatoms. The van der Waals surface area contributed by atoms with Gasteiger partial charge in [-0.15, -0.1) is 22.7 Å². The van der Waals surface area contributed by atoms with E-state index in [1.165, 1.54) is 28.7 Å². The highest BCUT2D eigenvalue weighted by atomic mass is 32.1. The maximum atomic E-state index is 12.0. The summed E-state index contributed by atoms with van der Waals surface area (Å²) in [4.78, 5) is 33.1. The number of hydrogen-bond donors (Lipinski definition) is 1. The predicted molar refractivity (Wildman–Crippen MR) is 87.0 cm³/mol. The summed E-state index contributed by atoms with van der Waals surface area (Å²) < 4.78 is 1.59. The number of carbonyl (C=O) groups is 1. The fourth-order valence-electron chi connectivity index (χ4n) is 2.12. The quantitative estimate of drug-likeness (QED) is 0.789. The predicted octanol–water partition coefficient (Wildman–Crippen LogP) is 1.80. The SMILES string of the molecule is Cc1cc(=O)n2c(CCNC(=O)c3csc(C)n3)csc2n1. The Morgan fingerprint density at radius 1 is 1.27 bits per heavy atom. The zero-order chi connectivity index (χ0) is 15.7. The van der Waals surface area contributed by atoms with Gasteiger partial charge in [-0.05, 0) is 13.8 Å². The first-order valence-corrected chi connectivity index (χ1v) is 8.47. The number of aryl methyl sites for hydroxylation is 2. The molecule has 3 rings (SSSR count). The smallest absolute Gasteiger partial charge is 0.270 e. The first kappa shape index (κ1) is 14.9. The zero-order valence-corrected chi connectivity index (χ0v) is 13.8. The lowest BCUT2D eigenvalue weighted by Gasteiger charge is -2.03. The molecule has 0 radical (unpaired) electrons. The van der Waals surface area contributed by atoms with Crippen LogP contribution in [-0.4, -0.2) is 26.8 Å². The van der Waals surface area contributed by atoms with E-state index in [4.69, 9.17) is 0 Å². The normalized spacial score (nSPS) is 11.0. The van der Waals surface area contributed by atoms with Crippen LogP contribution < -0.4 is 10.9 Å². The Morgan fingerprint density at radius 2 is 2.09 bits per heavy atom. The van der Waals surface area contributed by atoms with Crippen molar-refractivity contribution in [3.05, 3.63) is 49.3 Å². The van der Waals surface area contributed by atoms with Crippen molar-refractivity contribution in [1.82, 2.24) is 19.7 Å². The Bertz CT molecular complexity index is 894. The van der Waals surface area contributed by atoms with Gasteiger partial charge in [-0.2, -0.15) is 0 Å². The van der Waals surface area contributed by atoms with E-state index >= 15 is 0 Å². The molecule has 0 aliphatic heterocycles. The highest BCUT2D eigenvalue weighted by Crippen LogP contribution is 2.13. The van der Waals surface area contributed by atoms with E-state index < -0.39 is 0 Å². The minimum Gasteiger partial charge on any atom is -0.350 e. The summed E-state index contributed by atoms with van der Waals surface area (Å²) in [6.45, 7) is 4.11. The van der Waals surface area contributed by atoms with Gasteiger partial charge in [0.1, 0.15) is 5.69 Å². The molecule has 0 aliphatic carbocycles. The fourth-order valence-corrected chi connectivity index (χ4v) is 3.69. The Balaban J connectivity index is 1.70. The van der Waals surface area contributed by atoms with Crippen molar-refractivity contribution >= 4 is 33.5 Å². The number of aromatic nitrogens is 3. The third-order valence-corrected chi connectivity index (χ3v) is 4.77. The van der Waals surface area contributed by atoms with E-state index in [1.54, 1.807) is 16.7 Å². The third-order valence-electron chi connectivity index (χ3n) is 3.12. The summed E-state index contributed by atoms with van der Waals surface area (Å²) >= 11 is 2.87. The summed E-state index contributed by atoms with van der Waals surface area (Å²) in [6.07, 6.45) is 0.569. The van der Waals surface area contributed by atoms with Gasteiger partial charge in [0.05, 0.1) is 5.01 Å². The molecular weight excluding hydrogens is 320 g/mol. The summed E-state index contributed by atoms with van der Waals surface area (Å²) in [5.74, 6) is -0.190. The molecule has 1 amide bonds. The molecule has 3 aromatic rings. The van der Waals surface area contributed by atoms with E-state index in [1.807, 2.05) is 12.3 Å². The van der Waals surface area contributed by atoms with E-state index in [0.29, 0.717) is 29.3 Å². The minimum atomic E-state index is -0.190. The number of nitrogens with one attached hydrogen (secondary N) is 1. The van der Waals surface area contributed by atoms with Crippen LogP contribution in [0.3, 0.4) is 0 Å². The third kappa shape index (κ3) is 2.93. The summed E-state index contributed by atoms with van der Waals surface area (Å²) in [6, 6.07) is 1.51. The zero-order valence-electron chi connectivity index (χ0n) is 12.1. The van der Waals surface area contributed by atoms with Gasteiger partial charge in [0.15, 0.2) is 4.96 Å². The van der Waals surface area contributed by atoms with E-state index in [0.717, 1.165) is 10.7 Å². The van der Waals surface area contributed by atoms with Crippen molar-refractivity contribution in [3.63, 3.8) is 0 Å². The van der Waals surface area contributed by atoms with Gasteiger partial charge in [0, 0.05) is 41.2 Å². The Morgan fingerprint density at radius 3 is 2.82 bits per heavy atom. The molecule has 114 valence electrons. The first-order chi connectivity index (χ1) is 10.5. The lowest BCUT2D eigenvalue weighted by Crippen LogP contribution is -2.27. The van der Waals surface area contributed by atoms with Gasteiger partial charge in [0.2, 0.25) is 0 Å². The van der Waals surface area contributed by atoms with Crippen molar-refractivity contribution in [2.24, 2.45) is 0 Å². The van der Waals surface area contributed by atoms with Crippen LogP contribution in [0, 0.1) is 13.8 Å². The number of hydrogen-bond acceptors (Lipinski definition) is 6. The number of thiazole rings is 2. The molecule has 3 heterocycles. The molecule has 0 unspecified atom stereocenters. The summed E-state index contributed by atoms with van der Waals surface area (Å²) in [7, 11) is 0. The van der Waals surface area contributed by atoms with Crippen molar-refractivity contribution < 1.29 is 4.79 Å². The van der Waals surface area contributed by atoms with Gasteiger partial charge in [-0.3, -0.25) is 14.0 Å². The van der Waals surface area contributed by atoms with Crippen molar-refractivity contribution in [1.29, 1.82) is 0 Å². The second kappa shape index (κ2) is 5.98. The number of fused-ring (bicyclic) bond motifs is 1. The van der Waals surface area contributed by atoms with Crippen LogP contribution in [0.2, 0.25) is 0 Å². The molecule has 1 N–H and O–H groups in total. The van der Waals surface area contributed by atoms with Crippen LogP contribution in [0.25, 0.3) is 4.96 Å². The molecule has 0 saturated heterocycles. The topological polar surface area (TPSA) is 76.4 Å². The van der Waals surface area contributed by atoms with E-state index in [2.05, 4.69) is 15.3 Å². The van der Waals surface area contributed by atoms with Gasteiger partial charge in [-0.1, -0.05) is 0 Å². The maximum absolute atomic E-state index is 12.0. The summed E-state index contributed by atoms with van der Waals surface area (Å²) in [5, 5.41) is 7.33. The number of amides is 1. The van der Waals surface area contributed by atoms with Gasteiger partial charge in [-0.25, -0.2) is 9.97 Å². The molecule has 0 aromatic carbocycles. The molecule has 0 atom stereocenters. The molecule has 3 aromatic heterocycles. The monoisotopic (exact) mass is 334 g/mol. The number of carbonyl (C=O) groups excluding carboxylic acids is 1. The molecule has 6 nitrogen and oxygen atoms in total. The maximum Gasteiger partial charge on any atom is 0.270 e. The van der Waals surface area contributed by atoms with Crippen LogP contribution >= 0.6 is 22.7 Å². The van der Waals surface area contributed by atoms with Crippen LogP contribution in [0.15, 0.2) is 21.6 Å². The fraction of sp³-hybridized carbons (Fsp3) is 0.286. The van der Waals surface area contributed by atoms with Gasteiger partial charge >= 0.3 is 0 Å². The molecule has 0 spiro atoms. The minimum absolute atomic E-state index is 0.0831. The second-order valence-electron chi connectivity index (χ2n) is 4.84. The highest BCUT2D eigenvalue weighted by molar-refractivity contribution is 7.15. The van der Waals surface area contributed by atoms with Crippen molar-refractivity contribution in [3.8, 4) is 0 Å². The second-order valence-corrected chi connectivity index (χ2v) is 6.74. The van der Waals surface area contributed by atoms with Crippen LogP contribution in [-0.2, 0) is 6.42 Å². The van der Waals surface area contributed by atoms with E-state index in [-0.39, 0.29) is 11.5 Å². The first-order valence-electron chi connectivity index (χ1n) is 6.71. The number of nitrogens with zero attached hydrogens (tertiary/aromatic N) is 3. The number of rotatable bonds is 4. The largest absolute Gasteiger partial charge is 0.350 e. The van der Waals surface area contributed by atoms with Crippen molar-refractivity contribution in [2.75, 3.05) is 6.54 Å².